The molecule has 0 spiro atoms. The Bertz CT molecular complexity index is 1230. The molecule has 8 heteroatoms. The summed E-state index contributed by atoms with van der Waals surface area (Å²) in [6.45, 7) is 0. The van der Waals surface area contributed by atoms with E-state index in [0.717, 1.165) is 12.1 Å². The minimum atomic E-state index is -3.67. The lowest BCUT2D eigenvalue weighted by Crippen LogP contribution is -2.30. The number of amides is 1. The van der Waals surface area contributed by atoms with E-state index in [2.05, 4.69) is 5.32 Å². The standard InChI is InChI=1S/C20H14F2N2O3S/c1-24-18-9-6-12(20(25)23-13-7-8-16(21)17(22)11-13)10-15(18)14-4-2-3-5-19(14)28(24,26)27/h2-11H,1H3,(H,23,25). The number of rotatable bonds is 2. The van der Waals surface area contributed by atoms with Crippen LogP contribution in [0.15, 0.2) is 65.6 Å². The number of fused-ring (bicyclic) bond motifs is 3. The van der Waals surface area contributed by atoms with E-state index < -0.39 is 27.6 Å². The molecule has 1 heterocycles. The minimum absolute atomic E-state index is 0.113. The molecule has 4 rings (SSSR count). The summed E-state index contributed by atoms with van der Waals surface area (Å²) in [5, 5.41) is 2.51. The van der Waals surface area contributed by atoms with Crippen LogP contribution < -0.4 is 9.62 Å². The summed E-state index contributed by atoms with van der Waals surface area (Å²) in [4.78, 5) is 12.7. The Hall–Kier alpha value is -3.26. The molecule has 0 aromatic heterocycles. The Morgan fingerprint density at radius 1 is 0.929 bits per heavy atom. The van der Waals surface area contributed by atoms with Gasteiger partial charge in [0.05, 0.1) is 10.6 Å². The molecule has 0 fully saturated rings. The van der Waals surface area contributed by atoms with Gasteiger partial charge in [-0.25, -0.2) is 17.2 Å². The Labute approximate surface area is 160 Å². The average molecular weight is 400 g/mol. The molecule has 0 aliphatic carbocycles. The topological polar surface area (TPSA) is 66.5 Å². The van der Waals surface area contributed by atoms with Crippen LogP contribution >= 0.6 is 0 Å². The van der Waals surface area contributed by atoms with E-state index in [1.165, 1.54) is 29.6 Å². The lowest BCUT2D eigenvalue weighted by atomic mass is 10.00. The number of hydrogen-bond donors (Lipinski definition) is 1. The summed E-state index contributed by atoms with van der Waals surface area (Å²) in [6.07, 6.45) is 0. The highest BCUT2D eigenvalue weighted by Crippen LogP contribution is 2.42. The summed E-state index contributed by atoms with van der Waals surface area (Å²) in [6, 6.07) is 14.2. The molecule has 142 valence electrons. The fourth-order valence-corrected chi connectivity index (χ4v) is 4.56. The average Bonchev–Trinajstić information content (AvgIpc) is 2.69. The maximum absolute atomic E-state index is 13.3. The Balaban J connectivity index is 1.75. The Morgan fingerprint density at radius 3 is 2.43 bits per heavy atom. The number of nitrogens with zero attached hydrogens (tertiary/aromatic N) is 1. The summed E-state index contributed by atoms with van der Waals surface area (Å²) in [5.74, 6) is -2.60. The van der Waals surface area contributed by atoms with Gasteiger partial charge in [0.2, 0.25) is 0 Å². The third-order valence-corrected chi connectivity index (χ3v) is 6.42. The second kappa shape index (κ2) is 6.42. The van der Waals surface area contributed by atoms with Crippen molar-refractivity contribution in [2.45, 2.75) is 4.90 Å². The summed E-state index contributed by atoms with van der Waals surface area (Å²) in [7, 11) is -2.22. The molecule has 0 bridgehead atoms. The van der Waals surface area contributed by atoms with E-state index in [-0.39, 0.29) is 16.1 Å². The van der Waals surface area contributed by atoms with Crippen molar-refractivity contribution in [1.82, 2.24) is 0 Å². The van der Waals surface area contributed by atoms with Gasteiger partial charge in [0.25, 0.3) is 15.9 Å². The predicted octanol–water partition coefficient (Wildman–Crippen LogP) is 4.02. The van der Waals surface area contributed by atoms with Gasteiger partial charge in [0, 0.05) is 35.5 Å². The van der Waals surface area contributed by atoms with Crippen molar-refractivity contribution in [3.8, 4) is 11.1 Å². The van der Waals surface area contributed by atoms with Crippen molar-refractivity contribution in [3.05, 3.63) is 77.9 Å². The second-order valence-electron chi connectivity index (χ2n) is 6.28. The molecular formula is C20H14F2N2O3S. The van der Waals surface area contributed by atoms with Gasteiger partial charge in [0.15, 0.2) is 11.6 Å². The molecule has 0 saturated heterocycles. The number of sulfonamides is 1. The monoisotopic (exact) mass is 400 g/mol. The van der Waals surface area contributed by atoms with Crippen LogP contribution in [0, 0.1) is 11.6 Å². The number of nitrogens with one attached hydrogen (secondary N) is 1. The molecule has 0 saturated carbocycles. The molecule has 0 unspecified atom stereocenters. The van der Waals surface area contributed by atoms with Crippen molar-refractivity contribution >= 4 is 27.3 Å². The second-order valence-corrected chi connectivity index (χ2v) is 8.22. The van der Waals surface area contributed by atoms with Crippen molar-refractivity contribution in [2.75, 3.05) is 16.7 Å². The number of hydrogen-bond acceptors (Lipinski definition) is 3. The quantitative estimate of drug-likeness (QED) is 0.707. The van der Waals surface area contributed by atoms with Crippen LogP contribution in [0.1, 0.15) is 10.4 Å². The highest BCUT2D eigenvalue weighted by atomic mass is 32.2. The molecule has 28 heavy (non-hydrogen) atoms. The highest BCUT2D eigenvalue weighted by molar-refractivity contribution is 7.93. The van der Waals surface area contributed by atoms with E-state index in [0.29, 0.717) is 16.8 Å². The Kier molecular flexibility index (Phi) is 4.15. The maximum atomic E-state index is 13.3. The van der Waals surface area contributed by atoms with Crippen molar-refractivity contribution in [1.29, 1.82) is 0 Å². The van der Waals surface area contributed by atoms with Crippen LogP contribution in [0.2, 0.25) is 0 Å². The lowest BCUT2D eigenvalue weighted by molar-refractivity contribution is 0.102. The van der Waals surface area contributed by atoms with E-state index in [9.17, 15) is 22.0 Å². The van der Waals surface area contributed by atoms with E-state index >= 15 is 0 Å². The van der Waals surface area contributed by atoms with Gasteiger partial charge in [-0.05, 0) is 36.4 Å². The van der Waals surface area contributed by atoms with Gasteiger partial charge in [0.1, 0.15) is 0 Å². The molecule has 1 aliphatic rings. The van der Waals surface area contributed by atoms with E-state index in [4.69, 9.17) is 0 Å². The van der Waals surface area contributed by atoms with E-state index in [1.807, 2.05) is 0 Å². The van der Waals surface area contributed by atoms with Gasteiger partial charge in [-0.3, -0.25) is 9.10 Å². The smallest absolute Gasteiger partial charge is 0.264 e. The van der Waals surface area contributed by atoms with Gasteiger partial charge in [-0.15, -0.1) is 0 Å². The van der Waals surface area contributed by atoms with Crippen LogP contribution in [0.25, 0.3) is 11.1 Å². The first-order valence-corrected chi connectivity index (χ1v) is 9.72. The number of carbonyl (C=O) groups excluding carboxylic acids is 1. The van der Waals surface area contributed by atoms with Gasteiger partial charge < -0.3 is 5.32 Å². The summed E-state index contributed by atoms with van der Waals surface area (Å²) >= 11 is 0. The van der Waals surface area contributed by atoms with Crippen molar-refractivity contribution < 1.29 is 22.0 Å². The van der Waals surface area contributed by atoms with Crippen LogP contribution in [0.3, 0.4) is 0 Å². The molecule has 3 aromatic rings. The van der Waals surface area contributed by atoms with Crippen LogP contribution in [0.4, 0.5) is 20.2 Å². The molecule has 5 nitrogen and oxygen atoms in total. The van der Waals surface area contributed by atoms with Crippen molar-refractivity contribution in [3.63, 3.8) is 0 Å². The molecule has 1 amide bonds. The number of halogens is 2. The van der Waals surface area contributed by atoms with E-state index in [1.54, 1.807) is 30.3 Å². The van der Waals surface area contributed by atoms with Crippen LogP contribution in [-0.2, 0) is 10.0 Å². The van der Waals surface area contributed by atoms with Crippen molar-refractivity contribution in [2.24, 2.45) is 0 Å². The zero-order chi connectivity index (χ0) is 20.1. The minimum Gasteiger partial charge on any atom is -0.322 e. The normalized spacial score (nSPS) is 14.2. The summed E-state index contributed by atoms with van der Waals surface area (Å²) < 4.78 is 52.9. The highest BCUT2D eigenvalue weighted by Gasteiger charge is 2.32. The van der Waals surface area contributed by atoms with Crippen LogP contribution in [-0.4, -0.2) is 21.4 Å². The van der Waals surface area contributed by atoms with Gasteiger partial charge in [-0.1, -0.05) is 18.2 Å². The number of benzene rings is 3. The first kappa shape index (κ1) is 18.1. The van der Waals surface area contributed by atoms with Crippen LogP contribution in [0.5, 0.6) is 0 Å². The van der Waals surface area contributed by atoms with Gasteiger partial charge in [-0.2, -0.15) is 0 Å². The zero-order valence-corrected chi connectivity index (χ0v) is 15.4. The molecule has 3 aromatic carbocycles. The first-order chi connectivity index (χ1) is 13.3. The lowest BCUT2D eigenvalue weighted by Gasteiger charge is -2.29. The first-order valence-electron chi connectivity index (χ1n) is 8.28. The summed E-state index contributed by atoms with van der Waals surface area (Å²) in [5.41, 5.74) is 1.90. The third-order valence-electron chi connectivity index (χ3n) is 4.59. The molecular weight excluding hydrogens is 386 g/mol. The molecule has 1 N–H and O–H groups in total. The molecule has 0 radical (unpaired) electrons. The Morgan fingerprint density at radius 2 is 1.68 bits per heavy atom. The third kappa shape index (κ3) is 2.82. The van der Waals surface area contributed by atoms with Gasteiger partial charge >= 0.3 is 0 Å². The maximum Gasteiger partial charge on any atom is 0.264 e. The fraction of sp³-hybridized carbons (Fsp3) is 0.0500. The fourth-order valence-electron chi connectivity index (χ4n) is 3.14. The number of anilines is 2. The predicted molar refractivity (Wildman–Crippen MR) is 102 cm³/mol. The number of carbonyl (C=O) groups is 1. The molecule has 1 aliphatic heterocycles. The zero-order valence-electron chi connectivity index (χ0n) is 14.6. The SMILES string of the molecule is CN1c2ccc(C(=O)Nc3ccc(F)c(F)c3)cc2-c2ccccc2S1(=O)=O. The largest absolute Gasteiger partial charge is 0.322 e. The molecule has 0 atom stereocenters.